The lowest BCUT2D eigenvalue weighted by Gasteiger charge is -2.23. The lowest BCUT2D eigenvalue weighted by molar-refractivity contribution is 0.0972. The summed E-state index contributed by atoms with van der Waals surface area (Å²) in [6.07, 6.45) is 7.94. The highest BCUT2D eigenvalue weighted by molar-refractivity contribution is 7.17. The first-order chi connectivity index (χ1) is 18.1. The third-order valence-corrected chi connectivity index (χ3v) is 8.84. The molecule has 0 saturated heterocycles. The van der Waals surface area contributed by atoms with Crippen molar-refractivity contribution in [3.63, 3.8) is 0 Å². The molecule has 5 nitrogen and oxygen atoms in total. The second-order valence-electron chi connectivity index (χ2n) is 10.4. The van der Waals surface area contributed by atoms with Crippen molar-refractivity contribution in [2.45, 2.75) is 44.4 Å². The van der Waals surface area contributed by atoms with E-state index < -0.39 is 0 Å². The fourth-order valence-electron chi connectivity index (χ4n) is 5.19. The van der Waals surface area contributed by atoms with E-state index in [4.69, 9.17) is 4.98 Å². The minimum Gasteiger partial charge on any atom is -0.306 e. The van der Waals surface area contributed by atoms with Crippen molar-refractivity contribution in [1.29, 1.82) is 0 Å². The molecule has 1 aromatic carbocycles. The molecule has 0 bridgehead atoms. The van der Waals surface area contributed by atoms with Crippen LogP contribution in [0.15, 0.2) is 66.9 Å². The number of hydrogen-bond donors (Lipinski definition) is 0. The predicted octanol–water partition coefficient (Wildman–Crippen LogP) is 6.94. The Kier molecular flexibility index (Phi) is 5.50. The number of nitrogens with zero attached hydrogens (tertiary/aromatic N) is 3. The summed E-state index contributed by atoms with van der Waals surface area (Å²) in [6, 6.07) is 19.8. The average molecular weight is 506 g/mol. The normalized spacial score (nSPS) is 16.6. The van der Waals surface area contributed by atoms with Crippen LogP contribution < -0.4 is 4.90 Å². The monoisotopic (exact) mass is 505 g/mol. The Morgan fingerprint density at radius 3 is 2.68 bits per heavy atom. The van der Waals surface area contributed by atoms with Crippen LogP contribution in [0.3, 0.4) is 0 Å². The van der Waals surface area contributed by atoms with Crippen LogP contribution >= 0.6 is 11.3 Å². The molecule has 0 spiro atoms. The molecule has 3 aromatic heterocycles. The Bertz CT molecular complexity index is 1530. The zero-order chi connectivity index (χ0) is 24.9. The molecule has 1 amide bonds. The molecule has 1 aliphatic heterocycles. The van der Waals surface area contributed by atoms with Gasteiger partial charge in [-0.3, -0.25) is 14.6 Å². The maximum atomic E-state index is 13.9. The number of rotatable bonds is 6. The summed E-state index contributed by atoms with van der Waals surface area (Å²) in [5.74, 6) is 1.29. The molecule has 184 valence electrons. The number of hydrogen-bond acceptors (Lipinski definition) is 5. The summed E-state index contributed by atoms with van der Waals surface area (Å²) in [5.41, 5.74) is 6.36. The number of pyridine rings is 2. The van der Waals surface area contributed by atoms with Crippen molar-refractivity contribution in [3.05, 3.63) is 88.7 Å². The van der Waals surface area contributed by atoms with Gasteiger partial charge in [0.2, 0.25) is 0 Å². The number of benzene rings is 1. The summed E-state index contributed by atoms with van der Waals surface area (Å²) in [6.45, 7) is 0.544. The topological polar surface area (TPSA) is 63.2 Å². The Labute approximate surface area is 220 Å². The summed E-state index contributed by atoms with van der Waals surface area (Å²) in [7, 11) is 0. The first-order valence-corrected chi connectivity index (χ1v) is 14.0. The van der Waals surface area contributed by atoms with Crippen LogP contribution in [-0.2, 0) is 6.42 Å². The number of Topliss-reactive ketones (excluding diaryl/α,β-unsaturated/α-hetero) is 1. The predicted molar refractivity (Wildman–Crippen MR) is 146 cm³/mol. The van der Waals surface area contributed by atoms with Crippen LogP contribution in [0.2, 0.25) is 0 Å². The Hall–Kier alpha value is -3.64. The van der Waals surface area contributed by atoms with Gasteiger partial charge in [0.05, 0.1) is 16.3 Å². The van der Waals surface area contributed by atoms with Gasteiger partial charge in [-0.15, -0.1) is 11.3 Å². The number of aromatic nitrogens is 2. The van der Waals surface area contributed by atoms with Crippen molar-refractivity contribution >= 4 is 28.7 Å². The minimum absolute atomic E-state index is 0.106. The number of anilines is 1. The van der Waals surface area contributed by atoms with Crippen molar-refractivity contribution in [2.75, 3.05) is 11.4 Å². The summed E-state index contributed by atoms with van der Waals surface area (Å²) in [4.78, 5) is 39.8. The summed E-state index contributed by atoms with van der Waals surface area (Å²) < 4.78 is 0. The highest BCUT2D eigenvalue weighted by Crippen LogP contribution is 2.43. The van der Waals surface area contributed by atoms with Gasteiger partial charge in [-0.05, 0) is 80.0 Å². The quantitative estimate of drug-likeness (QED) is 0.266. The summed E-state index contributed by atoms with van der Waals surface area (Å²) >= 11 is 1.58. The maximum absolute atomic E-state index is 13.9. The van der Waals surface area contributed by atoms with Gasteiger partial charge in [-0.1, -0.05) is 24.3 Å². The number of carbonyl (C=O) groups excluding carboxylic acids is 2. The first kappa shape index (κ1) is 22.5. The molecule has 4 heterocycles. The number of amides is 1. The van der Waals surface area contributed by atoms with E-state index in [0.29, 0.717) is 36.9 Å². The van der Waals surface area contributed by atoms with Gasteiger partial charge in [0.15, 0.2) is 5.78 Å². The molecule has 2 saturated carbocycles. The fourth-order valence-corrected chi connectivity index (χ4v) is 6.39. The van der Waals surface area contributed by atoms with Crippen molar-refractivity contribution < 1.29 is 9.59 Å². The van der Waals surface area contributed by atoms with Gasteiger partial charge in [-0.2, -0.15) is 0 Å². The lowest BCUT2D eigenvalue weighted by Crippen LogP contribution is -2.33. The lowest BCUT2D eigenvalue weighted by atomic mass is 10.1. The number of fused-ring (bicyclic) bond motifs is 3. The molecule has 0 unspecified atom stereocenters. The maximum Gasteiger partial charge on any atom is 0.276 e. The van der Waals surface area contributed by atoms with E-state index in [1.54, 1.807) is 17.4 Å². The zero-order valence-corrected chi connectivity index (χ0v) is 21.3. The van der Waals surface area contributed by atoms with Crippen LogP contribution in [0.5, 0.6) is 0 Å². The first-order valence-electron chi connectivity index (χ1n) is 13.1. The van der Waals surface area contributed by atoms with Crippen LogP contribution in [0.4, 0.5) is 5.69 Å². The molecule has 7 rings (SSSR count). The third-order valence-electron chi connectivity index (χ3n) is 7.58. The second-order valence-corrected chi connectivity index (χ2v) is 11.5. The van der Waals surface area contributed by atoms with E-state index in [2.05, 4.69) is 23.2 Å². The van der Waals surface area contributed by atoms with E-state index in [1.165, 1.54) is 25.7 Å². The molecule has 37 heavy (non-hydrogen) atoms. The standard InChI is InChI=1S/C31H27N3O2S/c35-28(16-19-8-9-19)29-18-22-13-15-34(27-7-2-1-4-23(27)30(22)37-29)31(36)25-6-3-5-24(33-25)21-12-14-32-26(17-21)20-10-11-20/h1-7,12,14,17-20H,8-11,13,15-16H2. The van der Waals surface area contributed by atoms with Crippen LogP contribution in [-0.4, -0.2) is 28.2 Å². The number of carbonyl (C=O) groups is 2. The number of para-hydroxylation sites is 1. The smallest absolute Gasteiger partial charge is 0.276 e. The molecular formula is C31H27N3O2S. The molecule has 2 aliphatic carbocycles. The molecule has 0 atom stereocenters. The van der Waals surface area contributed by atoms with Crippen molar-refractivity contribution in [1.82, 2.24) is 9.97 Å². The van der Waals surface area contributed by atoms with E-state index in [-0.39, 0.29) is 11.7 Å². The van der Waals surface area contributed by atoms with E-state index in [1.807, 2.05) is 47.5 Å². The molecule has 0 N–H and O–H groups in total. The Balaban J connectivity index is 1.20. The van der Waals surface area contributed by atoms with Gasteiger partial charge in [0, 0.05) is 46.8 Å². The largest absolute Gasteiger partial charge is 0.306 e. The van der Waals surface area contributed by atoms with Crippen LogP contribution in [0, 0.1) is 5.92 Å². The fraction of sp³-hybridized carbons (Fsp3) is 0.290. The Morgan fingerprint density at radius 1 is 0.973 bits per heavy atom. The molecule has 2 fully saturated rings. The van der Waals surface area contributed by atoms with E-state index >= 15 is 0 Å². The van der Waals surface area contributed by atoms with E-state index in [9.17, 15) is 9.59 Å². The molecule has 3 aliphatic rings. The van der Waals surface area contributed by atoms with Gasteiger partial charge >= 0.3 is 0 Å². The minimum atomic E-state index is -0.106. The van der Waals surface area contributed by atoms with Crippen LogP contribution in [0.25, 0.3) is 21.7 Å². The van der Waals surface area contributed by atoms with E-state index in [0.717, 1.165) is 43.5 Å². The molecule has 0 radical (unpaired) electrons. The highest BCUT2D eigenvalue weighted by Gasteiger charge is 2.30. The van der Waals surface area contributed by atoms with Crippen molar-refractivity contribution in [3.8, 4) is 21.7 Å². The third kappa shape index (κ3) is 4.40. The average Bonchev–Trinajstić information content (AvgIpc) is 3.87. The van der Waals surface area contributed by atoms with Gasteiger partial charge in [0.1, 0.15) is 5.69 Å². The Morgan fingerprint density at radius 2 is 1.84 bits per heavy atom. The van der Waals surface area contributed by atoms with Crippen LogP contribution in [0.1, 0.15) is 69.4 Å². The second kappa shape index (κ2) is 9.03. The van der Waals surface area contributed by atoms with Crippen molar-refractivity contribution in [2.24, 2.45) is 5.92 Å². The summed E-state index contributed by atoms with van der Waals surface area (Å²) in [5, 5.41) is 0. The van der Waals surface area contributed by atoms with Gasteiger partial charge in [-0.25, -0.2) is 4.98 Å². The van der Waals surface area contributed by atoms with Gasteiger partial charge < -0.3 is 4.90 Å². The molecular weight excluding hydrogens is 478 g/mol. The molecule has 6 heteroatoms. The molecule has 4 aromatic rings. The zero-order valence-electron chi connectivity index (χ0n) is 20.5. The number of thiophene rings is 1. The highest BCUT2D eigenvalue weighted by atomic mass is 32.1. The number of ketones is 1. The van der Waals surface area contributed by atoms with Gasteiger partial charge in [0.25, 0.3) is 5.91 Å². The SMILES string of the molecule is O=C(CC1CC1)c1cc2c(s1)-c1ccccc1N(C(=O)c1cccc(-c3ccnc(C4CC4)c3)n1)CC2.